The third kappa shape index (κ3) is 4.08. The topological polar surface area (TPSA) is 135 Å². The summed E-state index contributed by atoms with van der Waals surface area (Å²) >= 11 is 0. The number of H-pyrrole nitrogens is 1. The van der Waals surface area contributed by atoms with Crippen molar-refractivity contribution < 1.29 is 14.7 Å². The largest absolute Gasteiger partial charge is 0.494 e. The van der Waals surface area contributed by atoms with Crippen molar-refractivity contribution in [2.24, 2.45) is 16.5 Å². The van der Waals surface area contributed by atoms with E-state index < -0.39 is 5.91 Å². The molecule has 0 spiro atoms. The van der Waals surface area contributed by atoms with Crippen molar-refractivity contribution in [1.29, 1.82) is 0 Å². The molecular weight excluding hydrogens is 392 g/mol. The smallest absolute Gasteiger partial charge is 0.248 e. The first kappa shape index (κ1) is 20.1. The number of nitrogens with one attached hydrogen (secondary N) is 1. The third-order valence-corrected chi connectivity index (χ3v) is 5.00. The molecule has 6 N–H and O–H groups in total. The van der Waals surface area contributed by atoms with E-state index in [1.54, 1.807) is 42.6 Å². The van der Waals surface area contributed by atoms with Crippen LogP contribution in [0.15, 0.2) is 71.7 Å². The molecule has 0 bridgehead atoms. The molecule has 0 atom stereocenters. The van der Waals surface area contributed by atoms with E-state index in [0.717, 1.165) is 16.6 Å². The first-order chi connectivity index (χ1) is 15.0. The lowest BCUT2D eigenvalue weighted by molar-refractivity contribution is 0.1000. The van der Waals surface area contributed by atoms with Gasteiger partial charge in [-0.15, -0.1) is 0 Å². The lowest BCUT2D eigenvalue weighted by atomic mass is 10.00. The average Bonchev–Trinajstić information content (AvgIpc) is 3.11. The predicted molar refractivity (Wildman–Crippen MR) is 120 cm³/mol. The number of rotatable bonds is 6. The Morgan fingerprint density at radius 1 is 0.968 bits per heavy atom. The number of amides is 1. The number of nitrogens with two attached hydrogens (primary N) is 2. The van der Waals surface area contributed by atoms with Crippen molar-refractivity contribution in [3.05, 3.63) is 94.5 Å². The Morgan fingerprint density at radius 3 is 2.39 bits per heavy atom. The number of nitrogens with zero attached hydrogens (tertiary/aromatic N) is 1. The van der Waals surface area contributed by atoms with Gasteiger partial charge in [-0.2, -0.15) is 0 Å². The average molecular weight is 412 g/mol. The zero-order valence-electron chi connectivity index (χ0n) is 16.5. The van der Waals surface area contributed by atoms with Crippen LogP contribution in [0.5, 0.6) is 5.88 Å². The minimum atomic E-state index is -0.596. The van der Waals surface area contributed by atoms with Crippen molar-refractivity contribution in [2.45, 2.75) is 6.54 Å². The molecule has 0 saturated carbocycles. The van der Waals surface area contributed by atoms with Gasteiger partial charge in [0.05, 0.1) is 11.3 Å². The number of aromatic amines is 1. The molecule has 7 nitrogen and oxygen atoms in total. The molecule has 0 unspecified atom stereocenters. The second-order valence-corrected chi connectivity index (χ2v) is 7.05. The lowest BCUT2D eigenvalue weighted by Gasteiger charge is -2.03. The maximum Gasteiger partial charge on any atom is 0.248 e. The summed E-state index contributed by atoms with van der Waals surface area (Å²) in [4.78, 5) is 31.5. The van der Waals surface area contributed by atoms with Gasteiger partial charge in [0.2, 0.25) is 5.91 Å². The standard InChI is InChI=1S/C24H20N4O3/c25-12-14-4-7-18(8-5-14)27-13-20-19-9-6-16(11-21(19)28-24(20)31)22(29)15-2-1-3-17(10-15)23(26)30/h1-11,13,28,31H,12,25H2,(H2,26,30). The van der Waals surface area contributed by atoms with Gasteiger partial charge in [0.25, 0.3) is 0 Å². The van der Waals surface area contributed by atoms with Crippen molar-refractivity contribution in [3.8, 4) is 5.88 Å². The molecule has 0 aliphatic carbocycles. The fourth-order valence-corrected chi connectivity index (χ4v) is 3.31. The van der Waals surface area contributed by atoms with Gasteiger partial charge in [-0.1, -0.05) is 36.4 Å². The molecule has 1 heterocycles. The van der Waals surface area contributed by atoms with E-state index in [1.165, 1.54) is 6.07 Å². The quantitative estimate of drug-likeness (QED) is 0.285. The van der Waals surface area contributed by atoms with Gasteiger partial charge in [-0.05, 0) is 35.9 Å². The first-order valence-electron chi connectivity index (χ1n) is 9.58. The van der Waals surface area contributed by atoms with E-state index in [1.807, 2.05) is 24.3 Å². The molecule has 3 aromatic carbocycles. The number of aliphatic imine (C=N–C) groups is 1. The van der Waals surface area contributed by atoms with E-state index in [-0.39, 0.29) is 17.2 Å². The molecule has 1 aromatic heterocycles. The Hall–Kier alpha value is -4.23. The van der Waals surface area contributed by atoms with Crippen LogP contribution in [0.1, 0.15) is 37.4 Å². The number of primary amides is 1. The van der Waals surface area contributed by atoms with Gasteiger partial charge < -0.3 is 21.6 Å². The Bertz CT molecular complexity index is 1320. The molecule has 0 aliphatic heterocycles. The van der Waals surface area contributed by atoms with Crippen LogP contribution in [0.4, 0.5) is 5.69 Å². The Labute approximate surface area is 178 Å². The monoisotopic (exact) mass is 412 g/mol. The summed E-state index contributed by atoms with van der Waals surface area (Å²) < 4.78 is 0. The number of fused-ring (bicyclic) bond motifs is 1. The fourth-order valence-electron chi connectivity index (χ4n) is 3.31. The maximum atomic E-state index is 12.9. The normalized spacial score (nSPS) is 11.3. The number of benzene rings is 3. The van der Waals surface area contributed by atoms with Crippen molar-refractivity contribution in [2.75, 3.05) is 0 Å². The van der Waals surface area contributed by atoms with Gasteiger partial charge in [0.1, 0.15) is 0 Å². The van der Waals surface area contributed by atoms with Crippen LogP contribution in [0.25, 0.3) is 10.9 Å². The fraction of sp³-hybridized carbons (Fsp3) is 0.0417. The van der Waals surface area contributed by atoms with E-state index in [0.29, 0.717) is 28.8 Å². The highest BCUT2D eigenvalue weighted by molar-refractivity contribution is 6.12. The zero-order valence-corrected chi connectivity index (χ0v) is 16.5. The highest BCUT2D eigenvalue weighted by Gasteiger charge is 2.15. The van der Waals surface area contributed by atoms with E-state index >= 15 is 0 Å². The van der Waals surface area contributed by atoms with Crippen LogP contribution >= 0.6 is 0 Å². The summed E-state index contributed by atoms with van der Waals surface area (Å²) in [5.41, 5.74) is 14.8. The summed E-state index contributed by atoms with van der Waals surface area (Å²) in [7, 11) is 0. The summed E-state index contributed by atoms with van der Waals surface area (Å²) in [5.74, 6) is -0.895. The number of hydrogen-bond donors (Lipinski definition) is 4. The summed E-state index contributed by atoms with van der Waals surface area (Å²) in [6.45, 7) is 0.459. The molecule has 0 radical (unpaired) electrons. The van der Waals surface area contributed by atoms with E-state index in [9.17, 15) is 14.7 Å². The molecule has 1 amide bonds. The van der Waals surface area contributed by atoms with Gasteiger partial charge in [-0.25, -0.2) is 0 Å². The van der Waals surface area contributed by atoms with Crippen molar-refractivity contribution in [3.63, 3.8) is 0 Å². The first-order valence-corrected chi connectivity index (χ1v) is 9.58. The number of aromatic nitrogens is 1. The molecular formula is C24H20N4O3. The molecule has 7 heteroatoms. The highest BCUT2D eigenvalue weighted by Crippen LogP contribution is 2.28. The molecule has 31 heavy (non-hydrogen) atoms. The Kier molecular flexibility index (Phi) is 5.34. The van der Waals surface area contributed by atoms with Crippen LogP contribution in [-0.4, -0.2) is 28.0 Å². The second-order valence-electron chi connectivity index (χ2n) is 7.05. The number of hydrogen-bond acceptors (Lipinski definition) is 5. The highest BCUT2D eigenvalue weighted by atomic mass is 16.3. The molecule has 154 valence electrons. The van der Waals surface area contributed by atoms with Crippen LogP contribution in [0, 0.1) is 0 Å². The van der Waals surface area contributed by atoms with Crippen LogP contribution in [0.2, 0.25) is 0 Å². The van der Waals surface area contributed by atoms with Crippen molar-refractivity contribution >= 4 is 34.5 Å². The van der Waals surface area contributed by atoms with E-state index in [2.05, 4.69) is 9.98 Å². The zero-order chi connectivity index (χ0) is 22.0. The summed E-state index contributed by atoms with van der Waals surface area (Å²) in [5, 5.41) is 11.1. The van der Waals surface area contributed by atoms with Crippen LogP contribution in [-0.2, 0) is 6.54 Å². The summed E-state index contributed by atoms with van der Waals surface area (Å²) in [6, 6.07) is 18.8. The molecule has 0 fully saturated rings. The number of ketones is 1. The minimum Gasteiger partial charge on any atom is -0.494 e. The second kappa shape index (κ2) is 8.25. The van der Waals surface area contributed by atoms with Gasteiger partial charge in [-0.3, -0.25) is 14.6 Å². The number of carbonyl (C=O) groups excluding carboxylic acids is 2. The Morgan fingerprint density at radius 2 is 1.68 bits per heavy atom. The van der Waals surface area contributed by atoms with Gasteiger partial charge in [0, 0.05) is 40.4 Å². The SMILES string of the molecule is NCc1ccc(N=Cc2c(O)[nH]c3cc(C(=O)c4cccc(C(N)=O)c4)ccc23)cc1. The minimum absolute atomic E-state index is 0.0438. The molecule has 4 aromatic rings. The summed E-state index contributed by atoms with van der Waals surface area (Å²) in [6.07, 6.45) is 1.57. The maximum absolute atomic E-state index is 12.9. The third-order valence-electron chi connectivity index (χ3n) is 5.00. The van der Waals surface area contributed by atoms with Gasteiger partial charge >= 0.3 is 0 Å². The number of carbonyl (C=O) groups is 2. The number of aromatic hydroxyl groups is 1. The molecule has 0 aliphatic rings. The van der Waals surface area contributed by atoms with Gasteiger partial charge in [0.15, 0.2) is 11.7 Å². The van der Waals surface area contributed by atoms with E-state index in [4.69, 9.17) is 11.5 Å². The predicted octanol–water partition coefficient (Wildman–Crippen LogP) is 3.41. The molecule has 0 saturated heterocycles. The lowest BCUT2D eigenvalue weighted by Crippen LogP contribution is -2.12. The van der Waals surface area contributed by atoms with Crippen LogP contribution < -0.4 is 11.5 Å². The Balaban J connectivity index is 1.65. The molecule has 4 rings (SSSR count). The van der Waals surface area contributed by atoms with Crippen LogP contribution in [0.3, 0.4) is 0 Å². The van der Waals surface area contributed by atoms with Crippen molar-refractivity contribution in [1.82, 2.24) is 4.98 Å².